The maximum Gasteiger partial charge on any atom is 1.00 e. The van der Waals surface area contributed by atoms with Crippen LogP contribution in [-0.2, 0) is 14.8 Å². The molecule has 2 aromatic rings. The number of anilines is 1. The largest absolute Gasteiger partial charge is 1.00 e. The van der Waals surface area contributed by atoms with E-state index in [1.165, 1.54) is 37.4 Å². The Kier molecular flexibility index (Phi) is 9.11. The van der Waals surface area contributed by atoms with Crippen molar-refractivity contribution in [1.82, 2.24) is 14.7 Å². The predicted molar refractivity (Wildman–Crippen MR) is 96.4 cm³/mol. The Morgan fingerprint density at radius 3 is 2.57 bits per heavy atom. The molecule has 0 aliphatic rings. The van der Waals surface area contributed by atoms with E-state index in [-0.39, 0.29) is 60.1 Å². The summed E-state index contributed by atoms with van der Waals surface area (Å²) in [6.07, 6.45) is 0. The third kappa shape index (κ3) is 6.31. The SMILES string of the molecule is CCOC(=O)c1ccccc1S(=O)(=O)NC(=O)Nc1nc(Cl)cc(OC)n1.[H-].[Na+]. The molecular formula is C15H16ClN4NaO6S. The molecule has 28 heavy (non-hydrogen) atoms. The fourth-order valence-corrected chi connectivity index (χ4v) is 3.22. The number of carbonyl (C=O) groups excluding carboxylic acids is 2. The summed E-state index contributed by atoms with van der Waals surface area (Å²) >= 11 is 5.75. The Balaban J connectivity index is 0.00000392. The molecule has 1 heterocycles. The maximum atomic E-state index is 12.5. The fourth-order valence-electron chi connectivity index (χ4n) is 1.94. The van der Waals surface area contributed by atoms with Gasteiger partial charge in [0.05, 0.1) is 19.3 Å². The zero-order valence-electron chi connectivity index (χ0n) is 16.2. The van der Waals surface area contributed by atoms with Crippen LogP contribution in [0.25, 0.3) is 0 Å². The molecule has 146 valence electrons. The number of ether oxygens (including phenoxy) is 2. The average Bonchev–Trinajstić information content (AvgIpc) is 2.60. The zero-order valence-corrected chi connectivity index (χ0v) is 18.8. The van der Waals surface area contributed by atoms with E-state index in [2.05, 4.69) is 15.3 Å². The van der Waals surface area contributed by atoms with Crippen molar-refractivity contribution in [3.05, 3.63) is 41.0 Å². The van der Waals surface area contributed by atoms with Gasteiger partial charge in [-0.3, -0.25) is 5.32 Å². The summed E-state index contributed by atoms with van der Waals surface area (Å²) in [4.78, 5) is 31.1. The number of methoxy groups -OCH3 is 1. The molecule has 0 bridgehead atoms. The van der Waals surface area contributed by atoms with E-state index in [1.807, 2.05) is 0 Å². The summed E-state index contributed by atoms with van der Waals surface area (Å²) in [5.41, 5.74) is -0.208. The van der Waals surface area contributed by atoms with Gasteiger partial charge in [-0.1, -0.05) is 23.7 Å². The molecule has 0 unspecified atom stereocenters. The number of hydrogen-bond acceptors (Lipinski definition) is 8. The third-order valence-corrected chi connectivity index (χ3v) is 4.59. The molecule has 10 nitrogen and oxygen atoms in total. The summed E-state index contributed by atoms with van der Waals surface area (Å²) in [6.45, 7) is 1.65. The van der Waals surface area contributed by atoms with Crippen molar-refractivity contribution >= 4 is 39.6 Å². The minimum Gasteiger partial charge on any atom is -1.00 e. The van der Waals surface area contributed by atoms with Crippen molar-refractivity contribution in [2.75, 3.05) is 19.0 Å². The van der Waals surface area contributed by atoms with E-state index in [0.29, 0.717) is 0 Å². The Morgan fingerprint density at radius 1 is 1.25 bits per heavy atom. The number of nitrogens with one attached hydrogen (secondary N) is 2. The second kappa shape index (κ2) is 10.6. The van der Waals surface area contributed by atoms with Crippen LogP contribution >= 0.6 is 11.6 Å². The zero-order chi connectivity index (χ0) is 20.0. The second-order valence-corrected chi connectivity index (χ2v) is 6.87. The summed E-state index contributed by atoms with van der Waals surface area (Å²) in [5.74, 6) is -1.03. The van der Waals surface area contributed by atoms with E-state index in [4.69, 9.17) is 21.1 Å². The van der Waals surface area contributed by atoms with Crippen LogP contribution in [0.2, 0.25) is 5.15 Å². The molecule has 0 saturated heterocycles. The summed E-state index contributed by atoms with van der Waals surface area (Å²) < 4.78 is 36.4. The topological polar surface area (TPSA) is 137 Å². The maximum absolute atomic E-state index is 12.5. The Morgan fingerprint density at radius 2 is 1.93 bits per heavy atom. The molecule has 0 saturated carbocycles. The van der Waals surface area contributed by atoms with E-state index in [9.17, 15) is 18.0 Å². The Bertz CT molecular complexity index is 979. The summed E-state index contributed by atoms with van der Waals surface area (Å²) in [7, 11) is -3.05. The van der Waals surface area contributed by atoms with E-state index >= 15 is 0 Å². The monoisotopic (exact) mass is 438 g/mol. The van der Waals surface area contributed by atoms with Gasteiger partial charge in [-0.05, 0) is 19.1 Å². The standard InChI is InChI=1S/C15H15ClN4O6S.Na.H/c1-3-26-13(21)9-6-4-5-7-10(9)27(23,24)20-15(22)19-14-17-11(16)8-12(18-14)25-2;;/h4-8H,3H2,1-2H3,(H2,17,18,19,20,22);;/q;+1;-1. The number of nitrogens with zero attached hydrogens (tertiary/aromatic N) is 2. The molecule has 0 radical (unpaired) electrons. The molecule has 1 aromatic carbocycles. The average molecular weight is 439 g/mol. The van der Waals surface area contributed by atoms with Crippen LogP contribution in [0.3, 0.4) is 0 Å². The van der Waals surface area contributed by atoms with Crippen LogP contribution in [0.1, 0.15) is 18.7 Å². The van der Waals surface area contributed by atoms with Crippen molar-refractivity contribution in [2.24, 2.45) is 0 Å². The number of esters is 1. The number of aromatic nitrogens is 2. The summed E-state index contributed by atoms with van der Waals surface area (Å²) in [5, 5.41) is 2.10. The minimum absolute atomic E-state index is 0. The van der Waals surface area contributed by atoms with Crippen LogP contribution < -0.4 is 44.3 Å². The van der Waals surface area contributed by atoms with Gasteiger partial charge < -0.3 is 10.9 Å². The molecule has 0 atom stereocenters. The molecule has 2 rings (SSSR count). The first-order chi connectivity index (χ1) is 12.8. The molecule has 0 aliphatic heterocycles. The first-order valence-electron chi connectivity index (χ1n) is 7.45. The van der Waals surface area contributed by atoms with Gasteiger partial charge in [0.2, 0.25) is 11.8 Å². The van der Waals surface area contributed by atoms with Crippen LogP contribution in [0, 0.1) is 0 Å². The third-order valence-electron chi connectivity index (χ3n) is 3.00. The van der Waals surface area contributed by atoms with E-state index in [0.717, 1.165) is 0 Å². The number of halogens is 1. The number of rotatable bonds is 6. The Hall–Kier alpha value is -1.92. The quantitative estimate of drug-likeness (QED) is 0.331. The molecule has 1 aromatic heterocycles. The van der Waals surface area contributed by atoms with Gasteiger partial charge in [0.1, 0.15) is 10.0 Å². The first-order valence-corrected chi connectivity index (χ1v) is 9.31. The van der Waals surface area contributed by atoms with Gasteiger partial charge in [0.25, 0.3) is 10.0 Å². The van der Waals surface area contributed by atoms with E-state index < -0.39 is 26.9 Å². The number of hydrogen-bond donors (Lipinski definition) is 2. The van der Waals surface area contributed by atoms with Crippen molar-refractivity contribution < 1.29 is 58.5 Å². The number of amides is 2. The molecule has 0 spiro atoms. The number of benzene rings is 1. The molecular weight excluding hydrogens is 423 g/mol. The minimum atomic E-state index is -4.38. The van der Waals surface area contributed by atoms with Crippen LogP contribution in [0.4, 0.5) is 10.7 Å². The van der Waals surface area contributed by atoms with Gasteiger partial charge in [0, 0.05) is 6.07 Å². The van der Waals surface area contributed by atoms with Gasteiger partial charge in [-0.25, -0.2) is 27.7 Å². The Labute approximate surface area is 189 Å². The molecule has 2 N–H and O–H groups in total. The summed E-state index contributed by atoms with van der Waals surface area (Å²) in [6, 6.07) is 5.46. The second-order valence-electron chi connectivity index (χ2n) is 4.83. The van der Waals surface area contributed by atoms with Gasteiger partial charge in [0.15, 0.2) is 0 Å². The number of urea groups is 1. The molecule has 2 amide bonds. The van der Waals surface area contributed by atoms with Crippen molar-refractivity contribution in [3.8, 4) is 5.88 Å². The molecule has 0 fully saturated rings. The fraction of sp³-hybridized carbons (Fsp3) is 0.200. The van der Waals surface area contributed by atoms with Crippen LogP contribution in [0.5, 0.6) is 5.88 Å². The van der Waals surface area contributed by atoms with Gasteiger partial charge in [-0.2, -0.15) is 4.98 Å². The van der Waals surface area contributed by atoms with Crippen LogP contribution in [0.15, 0.2) is 35.2 Å². The smallest absolute Gasteiger partial charge is 1.00 e. The van der Waals surface area contributed by atoms with Crippen LogP contribution in [-0.4, -0.2) is 44.1 Å². The molecule has 0 aliphatic carbocycles. The van der Waals surface area contributed by atoms with Crippen molar-refractivity contribution in [2.45, 2.75) is 11.8 Å². The predicted octanol–water partition coefficient (Wildman–Crippen LogP) is -1.06. The number of sulfonamides is 1. The normalized spacial score (nSPS) is 10.4. The van der Waals surface area contributed by atoms with Crippen molar-refractivity contribution in [3.63, 3.8) is 0 Å². The van der Waals surface area contributed by atoms with Gasteiger partial charge in [-0.15, -0.1) is 0 Å². The molecule has 13 heteroatoms. The number of carbonyl (C=O) groups is 2. The first kappa shape index (κ1) is 24.1. The van der Waals surface area contributed by atoms with E-state index in [1.54, 1.807) is 11.6 Å². The van der Waals surface area contributed by atoms with Gasteiger partial charge >= 0.3 is 41.6 Å². The van der Waals surface area contributed by atoms with Crippen molar-refractivity contribution in [1.29, 1.82) is 0 Å².